The van der Waals surface area contributed by atoms with Crippen LogP contribution >= 0.6 is 0 Å². The van der Waals surface area contributed by atoms with Crippen LogP contribution < -0.4 is 15.4 Å². The summed E-state index contributed by atoms with van der Waals surface area (Å²) in [5.41, 5.74) is 1.99. The minimum atomic E-state index is -0.324. The number of anilines is 1. The second-order valence-corrected chi connectivity index (χ2v) is 6.94. The monoisotopic (exact) mass is 406 g/mol. The first-order valence-electron chi connectivity index (χ1n) is 9.62. The van der Waals surface area contributed by atoms with Crippen molar-refractivity contribution in [2.75, 3.05) is 5.32 Å². The molecule has 2 N–H and O–H groups in total. The maximum absolute atomic E-state index is 13.0. The Balaban J connectivity index is 1.49. The summed E-state index contributed by atoms with van der Waals surface area (Å²) in [6, 6.07) is 21.6. The highest BCUT2D eigenvalue weighted by Crippen LogP contribution is 2.19. The Hall–Kier alpha value is -3.67. The van der Waals surface area contributed by atoms with Gasteiger partial charge in [-0.25, -0.2) is 4.39 Å². The van der Waals surface area contributed by atoms with E-state index >= 15 is 0 Å². The Morgan fingerprint density at radius 3 is 2.43 bits per heavy atom. The van der Waals surface area contributed by atoms with E-state index in [9.17, 15) is 14.0 Å². The fourth-order valence-electron chi connectivity index (χ4n) is 2.85. The summed E-state index contributed by atoms with van der Waals surface area (Å²) in [5.74, 6) is -0.140. The van der Waals surface area contributed by atoms with E-state index in [1.807, 2.05) is 6.07 Å². The highest BCUT2D eigenvalue weighted by molar-refractivity contribution is 5.95. The average Bonchev–Trinajstić information content (AvgIpc) is 2.74. The predicted molar refractivity (Wildman–Crippen MR) is 114 cm³/mol. The van der Waals surface area contributed by atoms with Gasteiger partial charge in [0.15, 0.2) is 0 Å². The van der Waals surface area contributed by atoms with E-state index < -0.39 is 0 Å². The third kappa shape index (κ3) is 6.44. The lowest BCUT2D eigenvalue weighted by atomic mass is 10.1. The lowest BCUT2D eigenvalue weighted by molar-refractivity contribution is -0.116. The van der Waals surface area contributed by atoms with Crippen LogP contribution in [0.1, 0.15) is 29.3 Å². The SMILES string of the molecule is CC(CC(=O)Nc1cccc(OCc2ccc(F)cc2)c1)NC(=O)c1ccccc1. The maximum Gasteiger partial charge on any atom is 0.251 e. The second-order valence-electron chi connectivity index (χ2n) is 6.94. The number of halogens is 1. The summed E-state index contributed by atoms with van der Waals surface area (Å²) >= 11 is 0. The van der Waals surface area contributed by atoms with Crippen molar-refractivity contribution in [1.29, 1.82) is 0 Å². The van der Waals surface area contributed by atoms with Crippen LogP contribution in [0.5, 0.6) is 5.75 Å². The van der Waals surface area contributed by atoms with Gasteiger partial charge in [0.25, 0.3) is 5.91 Å². The van der Waals surface area contributed by atoms with Crippen LogP contribution in [-0.2, 0) is 11.4 Å². The van der Waals surface area contributed by atoms with Crippen molar-refractivity contribution in [2.45, 2.75) is 26.0 Å². The van der Waals surface area contributed by atoms with E-state index in [1.165, 1.54) is 12.1 Å². The molecule has 6 heteroatoms. The number of benzene rings is 3. The van der Waals surface area contributed by atoms with Crippen LogP contribution in [0, 0.1) is 5.82 Å². The molecule has 0 aliphatic carbocycles. The fourth-order valence-corrected chi connectivity index (χ4v) is 2.85. The molecule has 0 radical (unpaired) electrons. The first kappa shape index (κ1) is 21.0. The minimum Gasteiger partial charge on any atom is -0.489 e. The summed E-state index contributed by atoms with van der Waals surface area (Å²) < 4.78 is 18.7. The number of hydrogen-bond donors (Lipinski definition) is 2. The quantitative estimate of drug-likeness (QED) is 0.577. The third-order valence-electron chi connectivity index (χ3n) is 4.34. The average molecular weight is 406 g/mol. The second kappa shape index (κ2) is 10.2. The van der Waals surface area contributed by atoms with Gasteiger partial charge in [-0.1, -0.05) is 36.4 Å². The van der Waals surface area contributed by atoms with E-state index in [1.54, 1.807) is 67.6 Å². The summed E-state index contributed by atoms with van der Waals surface area (Å²) in [6.45, 7) is 2.07. The standard InChI is InChI=1S/C24H23FN2O3/c1-17(26-24(29)19-6-3-2-4-7-19)14-23(28)27-21-8-5-9-22(15-21)30-16-18-10-12-20(25)13-11-18/h2-13,15,17H,14,16H2,1H3,(H,26,29)(H,27,28). The maximum atomic E-state index is 13.0. The molecule has 0 aromatic heterocycles. The van der Waals surface area contributed by atoms with Gasteiger partial charge >= 0.3 is 0 Å². The van der Waals surface area contributed by atoms with Crippen LogP contribution in [0.3, 0.4) is 0 Å². The van der Waals surface area contributed by atoms with Gasteiger partial charge in [0.05, 0.1) is 0 Å². The number of nitrogens with one attached hydrogen (secondary N) is 2. The lowest BCUT2D eigenvalue weighted by Gasteiger charge is -2.14. The number of carbonyl (C=O) groups is 2. The topological polar surface area (TPSA) is 67.4 Å². The molecule has 3 aromatic rings. The van der Waals surface area contributed by atoms with Crippen molar-refractivity contribution in [3.05, 3.63) is 95.8 Å². The molecule has 30 heavy (non-hydrogen) atoms. The van der Waals surface area contributed by atoms with Gasteiger partial charge in [0.1, 0.15) is 18.2 Å². The minimum absolute atomic E-state index is 0.138. The predicted octanol–water partition coefficient (Wildman–Crippen LogP) is 4.55. The zero-order chi connectivity index (χ0) is 21.3. The molecule has 0 heterocycles. The first-order chi connectivity index (χ1) is 14.5. The normalized spacial score (nSPS) is 11.4. The van der Waals surface area contributed by atoms with Crippen LogP contribution in [0.4, 0.5) is 10.1 Å². The van der Waals surface area contributed by atoms with Crippen molar-refractivity contribution >= 4 is 17.5 Å². The molecule has 3 aromatic carbocycles. The van der Waals surface area contributed by atoms with Crippen LogP contribution in [0.15, 0.2) is 78.9 Å². The van der Waals surface area contributed by atoms with Crippen molar-refractivity contribution in [2.24, 2.45) is 0 Å². The molecule has 3 rings (SSSR count). The van der Waals surface area contributed by atoms with E-state index in [-0.39, 0.29) is 30.1 Å². The van der Waals surface area contributed by atoms with E-state index in [4.69, 9.17) is 4.74 Å². The Bertz CT molecular complexity index is 991. The Morgan fingerprint density at radius 1 is 0.967 bits per heavy atom. The van der Waals surface area contributed by atoms with Gasteiger partial charge in [-0.3, -0.25) is 9.59 Å². The smallest absolute Gasteiger partial charge is 0.251 e. The van der Waals surface area contributed by atoms with E-state index in [2.05, 4.69) is 10.6 Å². The number of ether oxygens (including phenoxy) is 1. The molecule has 0 saturated carbocycles. The molecule has 0 aliphatic heterocycles. The number of amides is 2. The molecule has 154 valence electrons. The molecule has 2 amide bonds. The number of carbonyl (C=O) groups excluding carboxylic acids is 2. The van der Waals surface area contributed by atoms with Gasteiger partial charge in [0.2, 0.25) is 5.91 Å². The highest BCUT2D eigenvalue weighted by Gasteiger charge is 2.13. The van der Waals surface area contributed by atoms with Crippen molar-refractivity contribution in [3.8, 4) is 5.75 Å². The van der Waals surface area contributed by atoms with E-state index in [0.717, 1.165) is 5.56 Å². The van der Waals surface area contributed by atoms with Gasteiger partial charge < -0.3 is 15.4 Å². The molecule has 0 bridgehead atoms. The fraction of sp³-hybridized carbons (Fsp3) is 0.167. The molecule has 0 fully saturated rings. The van der Waals surface area contributed by atoms with Crippen molar-refractivity contribution < 1.29 is 18.7 Å². The van der Waals surface area contributed by atoms with Gasteiger partial charge in [-0.15, -0.1) is 0 Å². The highest BCUT2D eigenvalue weighted by atomic mass is 19.1. The summed E-state index contributed by atoms with van der Waals surface area (Å²) in [5, 5.41) is 5.63. The zero-order valence-electron chi connectivity index (χ0n) is 16.6. The summed E-state index contributed by atoms with van der Waals surface area (Å²) in [6.07, 6.45) is 0.138. The van der Waals surface area contributed by atoms with E-state index in [0.29, 0.717) is 23.6 Å². The molecule has 0 saturated heterocycles. The van der Waals surface area contributed by atoms with Gasteiger partial charge in [-0.05, 0) is 48.9 Å². The Morgan fingerprint density at radius 2 is 1.70 bits per heavy atom. The van der Waals surface area contributed by atoms with Gasteiger partial charge in [-0.2, -0.15) is 0 Å². The van der Waals surface area contributed by atoms with Crippen LogP contribution in [-0.4, -0.2) is 17.9 Å². The molecular formula is C24H23FN2O3. The zero-order valence-corrected chi connectivity index (χ0v) is 16.6. The molecule has 1 unspecified atom stereocenters. The Kier molecular flexibility index (Phi) is 7.16. The molecular weight excluding hydrogens is 383 g/mol. The van der Waals surface area contributed by atoms with Crippen LogP contribution in [0.25, 0.3) is 0 Å². The lowest BCUT2D eigenvalue weighted by Crippen LogP contribution is -2.35. The number of hydrogen-bond acceptors (Lipinski definition) is 3. The van der Waals surface area contributed by atoms with Crippen LogP contribution in [0.2, 0.25) is 0 Å². The van der Waals surface area contributed by atoms with Gasteiger partial charge in [0, 0.05) is 29.8 Å². The molecule has 0 spiro atoms. The number of rotatable bonds is 8. The van der Waals surface area contributed by atoms with Crippen molar-refractivity contribution in [3.63, 3.8) is 0 Å². The summed E-state index contributed by atoms with van der Waals surface area (Å²) in [4.78, 5) is 24.5. The Labute approximate surface area is 174 Å². The molecule has 1 atom stereocenters. The first-order valence-corrected chi connectivity index (χ1v) is 9.62. The summed E-state index contributed by atoms with van der Waals surface area (Å²) in [7, 11) is 0. The van der Waals surface area contributed by atoms with Crippen molar-refractivity contribution in [1.82, 2.24) is 5.32 Å². The molecule has 0 aliphatic rings. The third-order valence-corrected chi connectivity index (χ3v) is 4.34. The molecule has 5 nitrogen and oxygen atoms in total. The largest absolute Gasteiger partial charge is 0.489 e.